The van der Waals surface area contributed by atoms with Crippen LogP contribution in [-0.4, -0.2) is 47.6 Å². The van der Waals surface area contributed by atoms with E-state index in [0.717, 1.165) is 55.9 Å². The first-order valence-corrected chi connectivity index (χ1v) is 8.03. The highest BCUT2D eigenvalue weighted by atomic mass is 16.5. The van der Waals surface area contributed by atoms with E-state index in [4.69, 9.17) is 4.74 Å². The molecule has 0 amide bonds. The van der Waals surface area contributed by atoms with E-state index in [1.165, 1.54) is 0 Å². The van der Waals surface area contributed by atoms with Crippen LogP contribution in [-0.2, 0) is 11.8 Å². The van der Waals surface area contributed by atoms with E-state index in [1.807, 2.05) is 27.0 Å². The van der Waals surface area contributed by atoms with Gasteiger partial charge in [0.05, 0.1) is 12.6 Å². The van der Waals surface area contributed by atoms with Gasteiger partial charge in [0.2, 0.25) is 0 Å². The molecule has 4 nitrogen and oxygen atoms in total. The Morgan fingerprint density at radius 3 is 2.52 bits per heavy atom. The number of carbonyl (C=O) groups is 1. The maximum Gasteiger partial charge on any atom is 0.178 e. The van der Waals surface area contributed by atoms with Crippen LogP contribution in [0.3, 0.4) is 0 Å². The van der Waals surface area contributed by atoms with Crippen molar-refractivity contribution in [3.63, 3.8) is 0 Å². The van der Waals surface area contributed by atoms with Crippen LogP contribution in [0.1, 0.15) is 47.9 Å². The summed E-state index contributed by atoms with van der Waals surface area (Å²) in [5.41, 5.74) is 3.08. The molecule has 0 N–H and O–H groups in total. The minimum absolute atomic E-state index is 0.240. The number of ketones is 1. The number of piperidine rings is 1. The van der Waals surface area contributed by atoms with Gasteiger partial charge in [-0.1, -0.05) is 6.92 Å². The smallest absolute Gasteiger partial charge is 0.178 e. The van der Waals surface area contributed by atoms with Gasteiger partial charge in [0.1, 0.15) is 0 Å². The zero-order valence-corrected chi connectivity index (χ0v) is 13.8. The molecular formula is C17H28N2O2. The minimum atomic E-state index is 0.240. The molecule has 0 bridgehead atoms. The molecule has 1 aromatic rings. The summed E-state index contributed by atoms with van der Waals surface area (Å²) in [6.45, 7) is 9.51. The van der Waals surface area contributed by atoms with Crippen LogP contribution in [0.25, 0.3) is 0 Å². The van der Waals surface area contributed by atoms with Crippen molar-refractivity contribution in [3.8, 4) is 0 Å². The Balaban J connectivity index is 1.85. The average Bonchev–Trinajstić information content (AvgIpc) is 2.74. The highest BCUT2D eigenvalue weighted by Gasteiger charge is 2.23. The maximum atomic E-state index is 12.5. The fraction of sp³-hybridized carbons (Fsp3) is 0.706. The van der Waals surface area contributed by atoms with Crippen LogP contribution in [0, 0.1) is 13.8 Å². The first kappa shape index (κ1) is 16.2. The number of Topliss-reactive ketones (excluding diaryl/α,β-unsaturated/α-hetero) is 1. The summed E-state index contributed by atoms with van der Waals surface area (Å²) in [5, 5.41) is 0. The molecule has 0 atom stereocenters. The van der Waals surface area contributed by atoms with Crippen LogP contribution < -0.4 is 0 Å². The molecule has 0 aliphatic carbocycles. The number of likely N-dealkylation sites (tertiary alicyclic amines) is 1. The van der Waals surface area contributed by atoms with Crippen LogP contribution >= 0.6 is 0 Å². The van der Waals surface area contributed by atoms with Crippen molar-refractivity contribution in [2.24, 2.45) is 7.05 Å². The van der Waals surface area contributed by atoms with Gasteiger partial charge in [-0.3, -0.25) is 9.69 Å². The normalized spacial score (nSPS) is 17.3. The molecule has 1 aromatic heterocycles. The Bertz CT molecular complexity index is 485. The second-order valence-corrected chi connectivity index (χ2v) is 6.11. The van der Waals surface area contributed by atoms with Crippen LogP contribution in [0.5, 0.6) is 0 Å². The molecule has 1 saturated heterocycles. The molecular weight excluding hydrogens is 264 g/mol. The number of hydrogen-bond donors (Lipinski definition) is 0. The lowest BCUT2D eigenvalue weighted by atomic mass is 10.1. The zero-order chi connectivity index (χ0) is 15.4. The van der Waals surface area contributed by atoms with Gasteiger partial charge in [-0.15, -0.1) is 0 Å². The summed E-state index contributed by atoms with van der Waals surface area (Å²) in [6, 6.07) is 2.01. The molecule has 0 aromatic carbocycles. The number of ether oxygens (including phenoxy) is 1. The number of aromatic nitrogens is 1. The van der Waals surface area contributed by atoms with Gasteiger partial charge in [0.15, 0.2) is 5.78 Å². The minimum Gasteiger partial charge on any atom is -0.378 e. The number of rotatable bonds is 6. The van der Waals surface area contributed by atoms with E-state index in [2.05, 4.69) is 16.4 Å². The zero-order valence-electron chi connectivity index (χ0n) is 13.8. The molecule has 0 unspecified atom stereocenters. The fourth-order valence-corrected chi connectivity index (χ4v) is 2.94. The van der Waals surface area contributed by atoms with Crippen molar-refractivity contribution < 1.29 is 9.53 Å². The molecule has 21 heavy (non-hydrogen) atoms. The lowest BCUT2D eigenvalue weighted by Crippen LogP contribution is -2.40. The predicted octanol–water partition coefficient (Wildman–Crippen LogP) is 2.72. The van der Waals surface area contributed by atoms with E-state index < -0.39 is 0 Å². The van der Waals surface area contributed by atoms with Crippen molar-refractivity contribution >= 4 is 5.78 Å². The van der Waals surface area contributed by atoms with Crippen molar-refractivity contribution in [1.82, 2.24) is 9.47 Å². The third-order valence-electron chi connectivity index (χ3n) is 4.54. The van der Waals surface area contributed by atoms with Crippen LogP contribution in [0.15, 0.2) is 6.07 Å². The van der Waals surface area contributed by atoms with Gasteiger partial charge in [-0.25, -0.2) is 0 Å². The largest absolute Gasteiger partial charge is 0.378 e. The summed E-state index contributed by atoms with van der Waals surface area (Å²) in [5.74, 6) is 0.240. The fourth-order valence-electron chi connectivity index (χ4n) is 2.94. The molecule has 1 fully saturated rings. The highest BCUT2D eigenvalue weighted by molar-refractivity contribution is 5.99. The average molecular weight is 292 g/mol. The first-order valence-electron chi connectivity index (χ1n) is 8.03. The van der Waals surface area contributed by atoms with E-state index in [9.17, 15) is 4.79 Å². The van der Waals surface area contributed by atoms with Gasteiger partial charge in [-0.05, 0) is 39.2 Å². The number of nitrogens with zero attached hydrogens (tertiary/aromatic N) is 2. The molecule has 1 aliphatic heterocycles. The van der Waals surface area contributed by atoms with Crippen molar-refractivity contribution in [3.05, 3.63) is 23.0 Å². The topological polar surface area (TPSA) is 34.5 Å². The Morgan fingerprint density at radius 2 is 2.00 bits per heavy atom. The van der Waals surface area contributed by atoms with Gasteiger partial charge in [0.25, 0.3) is 0 Å². The monoisotopic (exact) mass is 292 g/mol. The third-order valence-corrected chi connectivity index (χ3v) is 4.54. The summed E-state index contributed by atoms with van der Waals surface area (Å²) >= 11 is 0. The highest BCUT2D eigenvalue weighted by Crippen LogP contribution is 2.17. The van der Waals surface area contributed by atoms with Gasteiger partial charge >= 0.3 is 0 Å². The molecule has 2 rings (SSSR count). The van der Waals surface area contributed by atoms with Crippen molar-refractivity contribution in [2.75, 3.05) is 26.2 Å². The lowest BCUT2D eigenvalue weighted by Gasteiger charge is -2.31. The molecule has 0 radical (unpaired) electrons. The Kier molecular flexibility index (Phi) is 5.59. The Labute approximate surface area is 128 Å². The summed E-state index contributed by atoms with van der Waals surface area (Å²) in [4.78, 5) is 14.7. The maximum absolute atomic E-state index is 12.5. The van der Waals surface area contributed by atoms with E-state index in [-0.39, 0.29) is 5.78 Å². The summed E-state index contributed by atoms with van der Waals surface area (Å²) in [6.07, 6.45) is 3.54. The van der Waals surface area contributed by atoms with E-state index >= 15 is 0 Å². The second-order valence-electron chi connectivity index (χ2n) is 6.11. The molecule has 1 aliphatic rings. The summed E-state index contributed by atoms with van der Waals surface area (Å²) in [7, 11) is 2.01. The number of hydrogen-bond acceptors (Lipinski definition) is 3. The van der Waals surface area contributed by atoms with Crippen LogP contribution in [0.2, 0.25) is 0 Å². The van der Waals surface area contributed by atoms with Gasteiger partial charge in [0, 0.05) is 43.7 Å². The third kappa shape index (κ3) is 3.95. The standard InChI is InChI=1S/C17H28N2O2/c1-5-10-21-15-6-8-19(9-7-15)12-17(20)16-11-13(2)18(4)14(16)3/h11,15H,5-10,12H2,1-4H3. The second kappa shape index (κ2) is 7.23. The van der Waals surface area contributed by atoms with E-state index in [1.54, 1.807) is 0 Å². The quantitative estimate of drug-likeness (QED) is 0.756. The van der Waals surface area contributed by atoms with Crippen LogP contribution in [0.4, 0.5) is 0 Å². The molecule has 0 saturated carbocycles. The molecule has 2 heterocycles. The summed E-state index contributed by atoms with van der Waals surface area (Å²) < 4.78 is 7.87. The van der Waals surface area contributed by atoms with Crippen molar-refractivity contribution in [1.29, 1.82) is 0 Å². The first-order chi connectivity index (χ1) is 10.0. The van der Waals surface area contributed by atoms with Crippen molar-refractivity contribution in [2.45, 2.75) is 46.1 Å². The Hall–Kier alpha value is -1.13. The SMILES string of the molecule is CCCOC1CCN(CC(=O)c2cc(C)n(C)c2C)CC1. The number of aryl methyl sites for hydroxylation is 1. The molecule has 4 heteroatoms. The predicted molar refractivity (Wildman–Crippen MR) is 84.9 cm³/mol. The number of carbonyl (C=O) groups excluding carboxylic acids is 1. The molecule has 0 spiro atoms. The Morgan fingerprint density at radius 1 is 1.33 bits per heavy atom. The molecule has 118 valence electrons. The lowest BCUT2D eigenvalue weighted by molar-refractivity contribution is 0.00852. The van der Waals surface area contributed by atoms with Gasteiger partial charge < -0.3 is 9.30 Å². The van der Waals surface area contributed by atoms with E-state index in [0.29, 0.717) is 12.6 Å². The van der Waals surface area contributed by atoms with Gasteiger partial charge in [-0.2, -0.15) is 0 Å².